The Morgan fingerprint density at radius 3 is 2.26 bits per heavy atom. The number of benzene rings is 1. The Kier molecular flexibility index (Phi) is 5.49. The van der Waals surface area contributed by atoms with E-state index in [4.69, 9.17) is 0 Å². The number of rotatable bonds is 6. The van der Waals surface area contributed by atoms with Crippen LogP contribution in [-0.2, 0) is 19.1 Å². The maximum atomic E-state index is 13.4. The Labute approximate surface area is 181 Å². The maximum Gasteiger partial charge on any atom is 0.325 e. The average molecular weight is 428 g/mol. The molecule has 4 aliphatic carbocycles. The Balaban J connectivity index is 1.43. The van der Waals surface area contributed by atoms with Crippen LogP contribution in [0.25, 0.3) is 0 Å². The summed E-state index contributed by atoms with van der Waals surface area (Å²) in [6.07, 6.45) is 5.49. The van der Waals surface area contributed by atoms with E-state index >= 15 is 0 Å². The van der Waals surface area contributed by atoms with Gasteiger partial charge in [0.1, 0.15) is 6.54 Å². The Bertz CT molecular complexity index is 896. The van der Waals surface area contributed by atoms with Crippen molar-refractivity contribution in [3.05, 3.63) is 29.8 Å². The van der Waals surface area contributed by atoms with E-state index in [1.165, 1.54) is 7.11 Å². The third-order valence-corrected chi connectivity index (χ3v) is 7.01. The lowest BCUT2D eigenvalue weighted by Crippen LogP contribution is -2.65. The molecular formula is C23H29N3O5. The molecule has 1 aromatic carbocycles. The van der Waals surface area contributed by atoms with E-state index in [9.17, 15) is 19.2 Å². The van der Waals surface area contributed by atoms with Gasteiger partial charge in [-0.2, -0.15) is 0 Å². The first-order chi connectivity index (χ1) is 14.7. The lowest BCUT2D eigenvalue weighted by atomic mass is 9.46. The number of anilines is 1. The zero-order valence-corrected chi connectivity index (χ0v) is 18.0. The van der Waals surface area contributed by atoms with Crippen LogP contribution in [0.2, 0.25) is 0 Å². The zero-order chi connectivity index (χ0) is 22.2. The molecule has 2 atom stereocenters. The standard InChI is InChI=1S/C23H29N3O5/c1-14(27)26-23-10-15-7-16(11-23)9-22(8-15,13-23)21(30)25-18-5-3-17(4-6-18)20(29)24-12-19(28)31-2/h3-6,15-16H,7-13H2,1-2H3,(H,24,29)(H,25,30)(H,26,27). The van der Waals surface area contributed by atoms with E-state index in [1.54, 1.807) is 31.2 Å². The molecule has 3 N–H and O–H groups in total. The van der Waals surface area contributed by atoms with E-state index in [0.717, 1.165) is 32.1 Å². The van der Waals surface area contributed by atoms with Crippen LogP contribution in [0, 0.1) is 17.3 Å². The second kappa shape index (κ2) is 7.98. The van der Waals surface area contributed by atoms with Crippen LogP contribution in [0.1, 0.15) is 55.8 Å². The van der Waals surface area contributed by atoms with Gasteiger partial charge in [-0.1, -0.05) is 0 Å². The molecule has 0 spiro atoms. The van der Waals surface area contributed by atoms with E-state index < -0.39 is 11.4 Å². The van der Waals surface area contributed by atoms with E-state index in [2.05, 4.69) is 20.7 Å². The van der Waals surface area contributed by atoms with Crippen molar-refractivity contribution in [2.75, 3.05) is 19.0 Å². The van der Waals surface area contributed by atoms with Gasteiger partial charge in [-0.15, -0.1) is 0 Å². The van der Waals surface area contributed by atoms with Gasteiger partial charge in [0.25, 0.3) is 5.91 Å². The number of hydrogen-bond donors (Lipinski definition) is 3. The van der Waals surface area contributed by atoms with Crippen molar-refractivity contribution in [2.45, 2.75) is 51.0 Å². The Hall–Kier alpha value is -2.90. The molecule has 4 aliphatic rings. The third kappa shape index (κ3) is 4.29. The summed E-state index contributed by atoms with van der Waals surface area (Å²) in [6.45, 7) is 1.35. The van der Waals surface area contributed by atoms with Crippen LogP contribution in [0.3, 0.4) is 0 Å². The SMILES string of the molecule is COC(=O)CNC(=O)c1ccc(NC(=O)C23CC4CC(CC(NC(C)=O)(C4)C2)C3)cc1. The highest BCUT2D eigenvalue weighted by atomic mass is 16.5. The molecule has 4 fully saturated rings. The van der Waals surface area contributed by atoms with Gasteiger partial charge in [0.15, 0.2) is 0 Å². The van der Waals surface area contributed by atoms with Crippen LogP contribution in [-0.4, -0.2) is 42.9 Å². The highest BCUT2D eigenvalue weighted by Crippen LogP contribution is 2.61. The van der Waals surface area contributed by atoms with Crippen LogP contribution in [0.4, 0.5) is 5.69 Å². The van der Waals surface area contributed by atoms with Crippen LogP contribution >= 0.6 is 0 Å². The van der Waals surface area contributed by atoms with Gasteiger partial charge >= 0.3 is 5.97 Å². The van der Waals surface area contributed by atoms with Gasteiger partial charge in [-0.3, -0.25) is 19.2 Å². The minimum atomic E-state index is -0.523. The largest absolute Gasteiger partial charge is 0.468 e. The number of esters is 1. The molecule has 0 radical (unpaired) electrons. The molecule has 3 amide bonds. The predicted molar refractivity (Wildman–Crippen MR) is 113 cm³/mol. The van der Waals surface area contributed by atoms with Crippen molar-refractivity contribution < 1.29 is 23.9 Å². The van der Waals surface area contributed by atoms with Gasteiger partial charge < -0.3 is 20.7 Å². The molecule has 8 heteroatoms. The third-order valence-electron chi connectivity index (χ3n) is 7.01. The second-order valence-electron chi connectivity index (χ2n) is 9.49. The lowest BCUT2D eigenvalue weighted by molar-refractivity contribution is -0.148. The van der Waals surface area contributed by atoms with Gasteiger partial charge in [0, 0.05) is 23.7 Å². The molecule has 4 bridgehead atoms. The molecule has 1 aromatic rings. The van der Waals surface area contributed by atoms with Crippen LogP contribution in [0.15, 0.2) is 24.3 Å². The van der Waals surface area contributed by atoms with Gasteiger partial charge in [0.05, 0.1) is 12.5 Å². The Morgan fingerprint density at radius 2 is 1.68 bits per heavy atom. The molecule has 4 saturated carbocycles. The fourth-order valence-electron chi connectivity index (χ4n) is 6.34. The minimum Gasteiger partial charge on any atom is -0.468 e. The van der Waals surface area contributed by atoms with Gasteiger partial charge in [0.2, 0.25) is 11.8 Å². The summed E-state index contributed by atoms with van der Waals surface area (Å²) in [4.78, 5) is 48.5. The van der Waals surface area contributed by atoms with Crippen molar-refractivity contribution in [3.63, 3.8) is 0 Å². The molecule has 8 nitrogen and oxygen atoms in total. The lowest BCUT2D eigenvalue weighted by Gasteiger charge is -2.61. The number of nitrogens with one attached hydrogen (secondary N) is 3. The number of carbonyl (C=O) groups excluding carboxylic acids is 4. The fraction of sp³-hybridized carbons (Fsp3) is 0.565. The molecule has 2 unspecified atom stereocenters. The normalized spacial score (nSPS) is 30.4. The smallest absolute Gasteiger partial charge is 0.325 e. The first kappa shape index (κ1) is 21.3. The molecule has 0 aromatic heterocycles. The zero-order valence-electron chi connectivity index (χ0n) is 18.0. The fourth-order valence-corrected chi connectivity index (χ4v) is 6.34. The minimum absolute atomic E-state index is 0.000722. The molecule has 0 saturated heterocycles. The number of ether oxygens (including phenoxy) is 1. The quantitative estimate of drug-likeness (QED) is 0.601. The number of hydrogen-bond acceptors (Lipinski definition) is 5. The van der Waals surface area contributed by atoms with Gasteiger partial charge in [-0.25, -0.2) is 0 Å². The molecule has 5 rings (SSSR count). The van der Waals surface area contributed by atoms with E-state index in [1.807, 2.05) is 0 Å². The molecular weight excluding hydrogens is 398 g/mol. The molecule has 0 heterocycles. The highest BCUT2D eigenvalue weighted by Gasteiger charge is 2.60. The monoisotopic (exact) mass is 427 g/mol. The topological polar surface area (TPSA) is 114 Å². The molecule has 31 heavy (non-hydrogen) atoms. The van der Waals surface area contributed by atoms with Crippen molar-refractivity contribution >= 4 is 29.4 Å². The number of amides is 3. The van der Waals surface area contributed by atoms with E-state index in [0.29, 0.717) is 29.5 Å². The Morgan fingerprint density at radius 1 is 1.03 bits per heavy atom. The highest BCUT2D eigenvalue weighted by molar-refractivity contribution is 5.98. The summed E-state index contributed by atoms with van der Waals surface area (Å²) in [5, 5.41) is 8.70. The molecule has 0 aliphatic heterocycles. The van der Waals surface area contributed by atoms with Crippen molar-refractivity contribution in [1.29, 1.82) is 0 Å². The average Bonchev–Trinajstić information content (AvgIpc) is 2.70. The van der Waals surface area contributed by atoms with Crippen molar-refractivity contribution in [2.24, 2.45) is 17.3 Å². The number of carbonyl (C=O) groups is 4. The summed E-state index contributed by atoms with van der Waals surface area (Å²) in [7, 11) is 1.26. The van der Waals surface area contributed by atoms with Crippen molar-refractivity contribution in [1.82, 2.24) is 10.6 Å². The number of methoxy groups -OCH3 is 1. The predicted octanol–water partition coefficient (Wildman–Crippen LogP) is 2.00. The van der Waals surface area contributed by atoms with Crippen LogP contribution < -0.4 is 16.0 Å². The maximum absolute atomic E-state index is 13.4. The molecule has 166 valence electrons. The first-order valence-electron chi connectivity index (χ1n) is 10.8. The second-order valence-corrected chi connectivity index (χ2v) is 9.49. The first-order valence-corrected chi connectivity index (χ1v) is 10.8. The summed E-state index contributed by atoms with van der Waals surface area (Å²) in [6, 6.07) is 6.60. The van der Waals surface area contributed by atoms with Gasteiger partial charge in [-0.05, 0) is 74.6 Å². The summed E-state index contributed by atoms with van der Waals surface area (Å²) >= 11 is 0. The summed E-state index contributed by atoms with van der Waals surface area (Å²) in [5.41, 5.74) is 0.304. The van der Waals surface area contributed by atoms with Crippen molar-refractivity contribution in [3.8, 4) is 0 Å². The summed E-state index contributed by atoms with van der Waals surface area (Å²) in [5.74, 6) is 0.00343. The van der Waals surface area contributed by atoms with E-state index in [-0.39, 0.29) is 29.8 Å². The summed E-state index contributed by atoms with van der Waals surface area (Å²) < 4.78 is 4.50. The van der Waals surface area contributed by atoms with Crippen LogP contribution in [0.5, 0.6) is 0 Å².